The van der Waals surface area contributed by atoms with E-state index in [0.717, 1.165) is 51.4 Å². The molecule has 0 spiro atoms. The van der Waals surface area contributed by atoms with Crippen molar-refractivity contribution in [1.82, 2.24) is 0 Å². The van der Waals surface area contributed by atoms with E-state index in [0.29, 0.717) is 12.8 Å². The zero-order valence-electron chi connectivity index (χ0n) is 35.0. The molecule has 0 aromatic rings. The minimum Gasteiger partial charge on any atom is -0.462 e. The lowest BCUT2D eigenvalue weighted by Crippen LogP contribution is -2.30. The van der Waals surface area contributed by atoms with Gasteiger partial charge in [0.25, 0.3) is 0 Å². The number of esters is 2. The molecule has 0 rings (SSSR count). The van der Waals surface area contributed by atoms with Crippen molar-refractivity contribution in [2.45, 2.75) is 180 Å². The molecule has 0 bridgehead atoms. The minimum absolute atomic E-state index is 0.128. The Morgan fingerprint density at radius 3 is 1.72 bits per heavy atom. The molecule has 0 amide bonds. The molecule has 5 N–H and O–H groups in total. The SMILES string of the molecule is CC/C=C\C/C=C\C/C=C\C/C=C\C[C@@H](O)[C@H](O)CCCC(=O)O[C@H](COC(=O)CCCCCCCCC/C=C\CCCCCC)COP(=O)(O)OC[C@@H](O)CO. The number of hydrogen-bond donors (Lipinski definition) is 5. The zero-order chi connectivity index (χ0) is 42.2. The Morgan fingerprint density at radius 2 is 1.12 bits per heavy atom. The van der Waals surface area contributed by atoms with Gasteiger partial charge in [0.15, 0.2) is 6.10 Å². The lowest BCUT2D eigenvalue weighted by molar-refractivity contribution is -0.161. The fourth-order valence-corrected chi connectivity index (χ4v) is 6.22. The second-order valence-corrected chi connectivity index (χ2v) is 15.7. The van der Waals surface area contributed by atoms with Gasteiger partial charge in [0.05, 0.1) is 32.0 Å². The summed E-state index contributed by atoms with van der Waals surface area (Å²) in [6, 6.07) is 0. The highest BCUT2D eigenvalue weighted by Crippen LogP contribution is 2.43. The first kappa shape index (κ1) is 54.6. The smallest absolute Gasteiger partial charge is 0.462 e. The molecule has 1 unspecified atom stereocenters. The molecule has 0 aromatic heterocycles. The van der Waals surface area contributed by atoms with Crippen LogP contribution in [-0.2, 0) is 32.7 Å². The first-order valence-corrected chi connectivity index (χ1v) is 22.9. The number of unbranched alkanes of at least 4 members (excludes halogenated alkanes) is 11. The van der Waals surface area contributed by atoms with Crippen molar-refractivity contribution in [3.63, 3.8) is 0 Å². The van der Waals surface area contributed by atoms with E-state index in [2.05, 4.69) is 60.9 Å². The molecule has 0 aliphatic heterocycles. The molecule has 0 aliphatic rings. The second kappa shape index (κ2) is 39.1. The van der Waals surface area contributed by atoms with Crippen LogP contribution in [0.25, 0.3) is 0 Å². The lowest BCUT2D eigenvalue weighted by Gasteiger charge is -2.20. The number of carbonyl (C=O) groups excluding carboxylic acids is 2. The predicted octanol–water partition coefficient (Wildman–Crippen LogP) is 9.05. The molecule has 330 valence electrons. The van der Waals surface area contributed by atoms with Crippen molar-refractivity contribution in [3.05, 3.63) is 60.8 Å². The van der Waals surface area contributed by atoms with E-state index < -0.39 is 70.6 Å². The summed E-state index contributed by atoms with van der Waals surface area (Å²) in [6.07, 6.45) is 35.0. The quantitative estimate of drug-likeness (QED) is 0.0171. The van der Waals surface area contributed by atoms with E-state index in [9.17, 15) is 34.4 Å². The van der Waals surface area contributed by atoms with Crippen molar-refractivity contribution in [2.24, 2.45) is 0 Å². The maximum atomic E-state index is 12.6. The number of allylic oxidation sites excluding steroid dienone is 9. The Balaban J connectivity index is 4.57. The summed E-state index contributed by atoms with van der Waals surface area (Å²) >= 11 is 0. The summed E-state index contributed by atoms with van der Waals surface area (Å²) < 4.78 is 32.5. The van der Waals surface area contributed by atoms with E-state index >= 15 is 0 Å². The van der Waals surface area contributed by atoms with E-state index in [4.69, 9.17) is 19.1 Å². The Bertz CT molecular complexity index is 1170. The van der Waals surface area contributed by atoms with Crippen LogP contribution < -0.4 is 0 Å². The monoisotopic (exact) mass is 829 g/mol. The van der Waals surface area contributed by atoms with Gasteiger partial charge in [-0.1, -0.05) is 126 Å². The van der Waals surface area contributed by atoms with Crippen LogP contribution in [0, 0.1) is 0 Å². The van der Waals surface area contributed by atoms with Crippen molar-refractivity contribution in [1.29, 1.82) is 0 Å². The number of carbonyl (C=O) groups is 2. The average Bonchev–Trinajstić information content (AvgIpc) is 3.19. The third-order valence-corrected chi connectivity index (χ3v) is 9.81. The standard InChI is InChI=1S/C44H77O12P/c1-3-5-7-9-11-13-15-17-18-19-21-23-25-27-29-33-43(49)53-37-40(38-55-57(51,52)54-36-39(46)35-45)56-44(50)34-30-32-42(48)41(47)31-28-26-24-22-20-16-14-12-10-8-6-4-2/h6,8,12-15,20,22,26,28,39-42,45-48H,3-5,7,9-11,16-19,21,23-25,27,29-38H2,1-2H3,(H,51,52)/b8-6-,14-12-,15-13-,22-20-,28-26-/t39-,40+,41+,42+/m0/s1. The van der Waals surface area contributed by atoms with Crippen LogP contribution >= 0.6 is 7.82 Å². The van der Waals surface area contributed by atoms with Gasteiger partial charge in [0.2, 0.25) is 0 Å². The third-order valence-electron chi connectivity index (χ3n) is 8.86. The summed E-state index contributed by atoms with van der Waals surface area (Å²) in [4.78, 5) is 35.0. The number of rotatable bonds is 39. The molecule has 5 atom stereocenters. The maximum absolute atomic E-state index is 12.6. The molecule has 0 heterocycles. The van der Waals surface area contributed by atoms with Crippen LogP contribution in [0.15, 0.2) is 60.8 Å². The van der Waals surface area contributed by atoms with Crippen molar-refractivity contribution in [2.75, 3.05) is 26.4 Å². The lowest BCUT2D eigenvalue weighted by atomic mass is 10.0. The number of aliphatic hydroxyl groups is 4. The molecule has 0 saturated carbocycles. The second-order valence-electron chi connectivity index (χ2n) is 14.3. The van der Waals surface area contributed by atoms with Crippen LogP contribution in [0.5, 0.6) is 0 Å². The Hall–Kier alpha value is -2.41. The Kier molecular flexibility index (Phi) is 37.4. The summed E-state index contributed by atoms with van der Waals surface area (Å²) in [7, 11) is -4.70. The van der Waals surface area contributed by atoms with E-state index in [1.807, 2.05) is 12.2 Å². The number of aliphatic hydroxyl groups excluding tert-OH is 4. The highest BCUT2D eigenvalue weighted by atomic mass is 31.2. The molecule has 0 aromatic carbocycles. The normalized spacial score (nSPS) is 15.6. The average molecular weight is 829 g/mol. The minimum atomic E-state index is -4.70. The van der Waals surface area contributed by atoms with Gasteiger partial charge in [0.1, 0.15) is 12.7 Å². The van der Waals surface area contributed by atoms with Gasteiger partial charge >= 0.3 is 19.8 Å². The Labute approximate surface area is 343 Å². The summed E-state index contributed by atoms with van der Waals surface area (Å²) in [5.74, 6) is -1.22. The molecule has 57 heavy (non-hydrogen) atoms. The molecule has 0 saturated heterocycles. The largest absolute Gasteiger partial charge is 0.472 e. The van der Waals surface area contributed by atoms with Crippen molar-refractivity contribution < 1.29 is 58.0 Å². The van der Waals surface area contributed by atoms with Gasteiger partial charge in [-0.15, -0.1) is 0 Å². The van der Waals surface area contributed by atoms with Gasteiger partial charge in [-0.2, -0.15) is 0 Å². The third kappa shape index (κ3) is 37.6. The van der Waals surface area contributed by atoms with Crippen LogP contribution in [0.3, 0.4) is 0 Å². The number of phosphoric acid groups is 1. The predicted molar refractivity (Wildman–Crippen MR) is 226 cm³/mol. The fourth-order valence-electron chi connectivity index (χ4n) is 5.43. The van der Waals surface area contributed by atoms with E-state index in [-0.39, 0.29) is 32.1 Å². The highest BCUT2D eigenvalue weighted by Gasteiger charge is 2.27. The first-order valence-electron chi connectivity index (χ1n) is 21.4. The van der Waals surface area contributed by atoms with Crippen LogP contribution in [-0.4, -0.2) is 88.1 Å². The van der Waals surface area contributed by atoms with Crippen LogP contribution in [0.2, 0.25) is 0 Å². The number of hydrogen-bond acceptors (Lipinski definition) is 11. The number of phosphoric ester groups is 1. The topological polar surface area (TPSA) is 189 Å². The molecule has 0 fully saturated rings. The fraction of sp³-hybridized carbons (Fsp3) is 0.727. The highest BCUT2D eigenvalue weighted by molar-refractivity contribution is 7.47. The van der Waals surface area contributed by atoms with E-state index in [1.165, 1.54) is 44.9 Å². The maximum Gasteiger partial charge on any atom is 0.472 e. The summed E-state index contributed by atoms with van der Waals surface area (Å²) in [5.41, 5.74) is 0. The van der Waals surface area contributed by atoms with Gasteiger partial charge in [-0.3, -0.25) is 18.6 Å². The van der Waals surface area contributed by atoms with Gasteiger partial charge in [0, 0.05) is 12.8 Å². The molecule has 12 nitrogen and oxygen atoms in total. The van der Waals surface area contributed by atoms with Gasteiger partial charge in [-0.05, 0) is 77.0 Å². The molecular formula is C44H77O12P. The first-order chi connectivity index (χ1) is 27.5. The number of ether oxygens (including phenoxy) is 2. The zero-order valence-corrected chi connectivity index (χ0v) is 35.9. The summed E-state index contributed by atoms with van der Waals surface area (Å²) in [6.45, 7) is 1.90. The van der Waals surface area contributed by atoms with Crippen LogP contribution in [0.1, 0.15) is 155 Å². The van der Waals surface area contributed by atoms with Gasteiger partial charge in [-0.25, -0.2) is 4.57 Å². The molecule has 13 heteroatoms. The van der Waals surface area contributed by atoms with Gasteiger partial charge < -0.3 is 34.8 Å². The summed E-state index contributed by atoms with van der Waals surface area (Å²) in [5, 5.41) is 39.0. The molecule has 0 radical (unpaired) electrons. The molecule has 0 aliphatic carbocycles. The van der Waals surface area contributed by atoms with Crippen molar-refractivity contribution in [3.8, 4) is 0 Å². The Morgan fingerprint density at radius 1 is 0.596 bits per heavy atom. The van der Waals surface area contributed by atoms with Crippen molar-refractivity contribution >= 4 is 19.8 Å². The molecular weight excluding hydrogens is 751 g/mol. The van der Waals surface area contributed by atoms with Crippen LogP contribution in [0.4, 0.5) is 0 Å². The van der Waals surface area contributed by atoms with E-state index in [1.54, 1.807) is 6.08 Å².